The van der Waals surface area contributed by atoms with Crippen LogP contribution in [0.2, 0.25) is 0 Å². The van der Waals surface area contributed by atoms with Crippen molar-refractivity contribution in [2.45, 2.75) is 0 Å². The van der Waals surface area contributed by atoms with Crippen LogP contribution in [-0.2, 0) is 0 Å². The molecule has 0 aliphatic heterocycles. The molecule has 5 heteroatoms. The zero-order valence-electron chi connectivity index (χ0n) is 40.9. The summed E-state index contributed by atoms with van der Waals surface area (Å²) in [5.74, 6) is 1.01. The lowest BCUT2D eigenvalue weighted by atomic mass is 9.98. The maximum Gasteiger partial charge on any atom is 0.166 e. The molecule has 9 aromatic carbocycles. The van der Waals surface area contributed by atoms with Gasteiger partial charge in [-0.25, -0.2) is 15.0 Å². The first-order valence-corrected chi connectivity index (χ1v) is 21.0. The third-order valence-corrected chi connectivity index (χ3v) is 12.5. The third kappa shape index (κ3) is 6.26. The van der Waals surface area contributed by atoms with Crippen molar-refractivity contribution in [2.75, 3.05) is 0 Å². The van der Waals surface area contributed by atoms with Crippen LogP contribution in [0.5, 0.6) is 0 Å². The molecule has 0 atom stereocenters. The second kappa shape index (κ2) is 14.9. The average molecular weight is 817 g/mol. The first-order chi connectivity index (χ1) is 34.0. The second-order valence-electron chi connectivity index (χ2n) is 15.0. The Morgan fingerprint density at radius 3 is 1.34 bits per heavy atom. The Kier molecular flexibility index (Phi) is 6.86. The van der Waals surface area contributed by atoms with Crippen LogP contribution < -0.4 is 0 Å². The van der Waals surface area contributed by atoms with Crippen LogP contribution >= 0.6 is 11.3 Å². The number of hydrogen-bond donors (Lipinski definition) is 0. The van der Waals surface area contributed by atoms with Crippen LogP contribution in [0.4, 0.5) is 0 Å². The molecule has 0 aliphatic carbocycles. The lowest BCUT2D eigenvalue weighted by Crippen LogP contribution is -2.04. The van der Waals surface area contributed by atoms with Crippen LogP contribution in [-0.4, -0.2) is 19.5 Å². The lowest BCUT2D eigenvalue weighted by Gasteiger charge is -2.16. The van der Waals surface area contributed by atoms with Crippen molar-refractivity contribution in [3.05, 3.63) is 218 Å². The Labute approximate surface area is 374 Å². The number of rotatable bonds is 7. The van der Waals surface area contributed by atoms with Gasteiger partial charge in [0, 0.05) is 47.6 Å². The molecule has 0 aliphatic rings. The predicted molar refractivity (Wildman–Crippen MR) is 260 cm³/mol. The number of nitrogens with zero attached hydrogens (tertiary/aromatic N) is 4. The highest BCUT2D eigenvalue weighted by Gasteiger charge is 2.21. The Morgan fingerprint density at radius 2 is 0.758 bits per heavy atom. The maximum absolute atomic E-state index is 9.42. The fraction of sp³-hybridized carbons (Fsp3) is 0. The molecule has 62 heavy (non-hydrogen) atoms. The van der Waals surface area contributed by atoms with E-state index >= 15 is 0 Å². The van der Waals surface area contributed by atoms with E-state index in [1.807, 2.05) is 127 Å². The van der Waals surface area contributed by atoms with Crippen molar-refractivity contribution in [2.24, 2.45) is 0 Å². The molecule has 3 heterocycles. The van der Waals surface area contributed by atoms with E-state index < -0.39 is 48.3 Å². The minimum atomic E-state index is -0.516. The quantitative estimate of drug-likeness (QED) is 0.161. The fourth-order valence-corrected chi connectivity index (χ4v) is 9.37. The number of benzene rings is 9. The molecule has 0 radical (unpaired) electrons. The summed E-state index contributed by atoms with van der Waals surface area (Å²) >= 11 is 1.71. The first-order valence-electron chi connectivity index (χ1n) is 24.2. The van der Waals surface area contributed by atoms with Crippen molar-refractivity contribution in [3.63, 3.8) is 0 Å². The molecule has 0 amide bonds. The summed E-state index contributed by atoms with van der Waals surface area (Å²) in [5, 5.41) is 2.13. The minimum absolute atomic E-state index is 0.00631. The molecule has 12 rings (SSSR count). The van der Waals surface area contributed by atoms with E-state index in [4.69, 9.17) is 20.4 Å². The van der Waals surface area contributed by atoms with E-state index in [9.17, 15) is 5.48 Å². The molecule has 0 fully saturated rings. The molecule has 12 aromatic rings. The van der Waals surface area contributed by atoms with Crippen molar-refractivity contribution >= 4 is 53.3 Å². The second-order valence-corrected chi connectivity index (χ2v) is 16.1. The van der Waals surface area contributed by atoms with E-state index in [-0.39, 0.29) is 27.6 Å². The van der Waals surface area contributed by atoms with E-state index in [1.54, 1.807) is 15.9 Å². The Balaban J connectivity index is 1.15. The first kappa shape index (κ1) is 28.5. The van der Waals surface area contributed by atoms with Crippen molar-refractivity contribution in [3.8, 4) is 73.2 Å². The van der Waals surface area contributed by atoms with E-state index in [0.717, 1.165) is 64.7 Å². The molecule has 3 aromatic heterocycles. The molecule has 0 spiro atoms. The van der Waals surface area contributed by atoms with Crippen LogP contribution in [0.25, 0.3) is 115 Å². The monoisotopic (exact) mass is 816 g/mol. The fourth-order valence-electron chi connectivity index (χ4n) is 8.30. The van der Waals surface area contributed by atoms with Gasteiger partial charge in [0.05, 0.1) is 27.7 Å². The molecule has 4 nitrogen and oxygen atoms in total. The summed E-state index contributed by atoms with van der Waals surface area (Å²) in [4.78, 5) is 15.2. The minimum Gasteiger partial charge on any atom is -0.308 e. The van der Waals surface area contributed by atoms with Gasteiger partial charge in [0.25, 0.3) is 0 Å². The Morgan fingerprint density at radius 1 is 0.355 bits per heavy atom. The molecule has 290 valence electrons. The topological polar surface area (TPSA) is 43.6 Å². The van der Waals surface area contributed by atoms with E-state index in [2.05, 4.69) is 42.5 Å². The van der Waals surface area contributed by atoms with Gasteiger partial charge in [-0.2, -0.15) is 0 Å². The van der Waals surface area contributed by atoms with E-state index in [1.165, 1.54) is 0 Å². The lowest BCUT2D eigenvalue weighted by molar-refractivity contribution is 1.06. The largest absolute Gasteiger partial charge is 0.308 e. The van der Waals surface area contributed by atoms with Crippen molar-refractivity contribution in [1.29, 1.82) is 0 Å². The molecule has 0 N–H and O–H groups in total. The van der Waals surface area contributed by atoms with Crippen LogP contribution in [0.1, 0.15) is 11.0 Å². The summed E-state index contributed by atoms with van der Waals surface area (Å²) in [6.45, 7) is 0. The van der Waals surface area contributed by atoms with Crippen molar-refractivity contribution < 1.29 is 11.0 Å². The number of thiophene rings is 1. The number of hydrogen-bond acceptors (Lipinski definition) is 4. The summed E-state index contributed by atoms with van der Waals surface area (Å²) < 4.78 is 76.3. The molecular formula is C57H36N4S. The van der Waals surface area contributed by atoms with Gasteiger partial charge in [0.15, 0.2) is 17.5 Å². The normalized spacial score (nSPS) is 13.4. The maximum atomic E-state index is 9.42. The Bertz CT molecular complexity index is 4010. The van der Waals surface area contributed by atoms with Gasteiger partial charge in [-0.1, -0.05) is 170 Å². The number of fused-ring (bicyclic) bond motifs is 6. The zero-order chi connectivity index (χ0) is 47.9. The molecule has 0 saturated carbocycles. The number of para-hydroxylation sites is 2. The highest BCUT2D eigenvalue weighted by atomic mass is 32.1. The average Bonchev–Trinajstić information content (AvgIpc) is 3.97. The van der Waals surface area contributed by atoms with Crippen LogP contribution in [0.15, 0.2) is 218 Å². The summed E-state index contributed by atoms with van der Waals surface area (Å²) in [5.41, 5.74) is 8.11. The van der Waals surface area contributed by atoms with Gasteiger partial charge in [0.1, 0.15) is 0 Å². The van der Waals surface area contributed by atoms with Gasteiger partial charge in [-0.05, 0) is 81.9 Å². The highest BCUT2D eigenvalue weighted by molar-refractivity contribution is 7.25. The van der Waals surface area contributed by atoms with Crippen molar-refractivity contribution in [1.82, 2.24) is 19.5 Å². The zero-order valence-corrected chi connectivity index (χ0v) is 33.7. The highest BCUT2D eigenvalue weighted by Crippen LogP contribution is 2.41. The van der Waals surface area contributed by atoms with E-state index in [0.29, 0.717) is 22.9 Å². The summed E-state index contributed by atoms with van der Waals surface area (Å²) in [6.07, 6.45) is 0. The van der Waals surface area contributed by atoms with Gasteiger partial charge >= 0.3 is 0 Å². The number of aromatic nitrogens is 4. The smallest absolute Gasteiger partial charge is 0.166 e. The molecule has 0 saturated heterocycles. The molecule has 0 bridgehead atoms. The SMILES string of the molecule is [2H]c1c([2H])c([2H])c2c(c1[2H])c1c([2H])c([2H])c([2H])c([2H])c1n2-c1cc(-c2ccc3sc4ccc(-c5ccccc5)cc4c3c2)ccc1-c1nc(-c2ccccc2)nc(-c2ccc(-c3ccccc3)cc2)n1. The van der Waals surface area contributed by atoms with Gasteiger partial charge < -0.3 is 4.57 Å². The summed E-state index contributed by atoms with van der Waals surface area (Å²) in [7, 11) is 0. The molecule has 0 unspecified atom stereocenters. The van der Waals surface area contributed by atoms with Gasteiger partial charge in [-0.3, -0.25) is 0 Å². The van der Waals surface area contributed by atoms with Gasteiger partial charge in [0.2, 0.25) is 0 Å². The predicted octanol–water partition coefficient (Wildman–Crippen LogP) is 15.3. The molecular weight excluding hydrogens is 773 g/mol. The van der Waals surface area contributed by atoms with Gasteiger partial charge in [-0.15, -0.1) is 11.3 Å². The third-order valence-electron chi connectivity index (χ3n) is 11.3. The Hall–Kier alpha value is -7.99. The van der Waals surface area contributed by atoms with Crippen LogP contribution in [0.3, 0.4) is 0 Å². The summed E-state index contributed by atoms with van der Waals surface area (Å²) in [6, 6.07) is 52.7. The van der Waals surface area contributed by atoms with Crippen LogP contribution in [0, 0.1) is 0 Å². The standard InChI is InChI=1S/C57H36N4S/c1-4-14-37(15-5-1)39-24-26-41(27-25-39)56-58-55(40-18-8-3-9-19-40)59-57(60-56)47-31-28-44(36-52(47)61-50-22-12-10-20-45(50)46-21-11-13-23-51(46)61)43-30-33-54-49(35-43)48-34-42(29-32-53(48)62-54)38-16-6-2-7-17-38/h1-36H/i10D,11D,12D,13D,20D,21D,22D,23D.